The van der Waals surface area contributed by atoms with Gasteiger partial charge in [0, 0.05) is 47.2 Å². The van der Waals surface area contributed by atoms with Gasteiger partial charge in [0.15, 0.2) is 0 Å². The number of aryl methyl sites for hydroxylation is 2. The smallest absolute Gasteiger partial charge is 0.0618 e. The van der Waals surface area contributed by atoms with Crippen molar-refractivity contribution in [2.24, 2.45) is 0 Å². The van der Waals surface area contributed by atoms with Crippen molar-refractivity contribution >= 4 is 93.6 Å². The third kappa shape index (κ3) is 5.19. The van der Waals surface area contributed by atoms with Crippen LogP contribution < -0.4 is 4.90 Å². The molecule has 55 heavy (non-hydrogen) atoms. The Labute approximate surface area is 328 Å². The van der Waals surface area contributed by atoms with Gasteiger partial charge < -0.3 is 4.90 Å². The lowest BCUT2D eigenvalue weighted by atomic mass is 9.91. The van der Waals surface area contributed by atoms with Crippen molar-refractivity contribution < 1.29 is 0 Å². The van der Waals surface area contributed by atoms with E-state index in [2.05, 4.69) is 195 Å². The molecule has 1 nitrogen and oxygen atoms in total. The van der Waals surface area contributed by atoms with Crippen LogP contribution in [0.3, 0.4) is 0 Å². The first-order valence-electron chi connectivity index (χ1n) is 18.8. The molecule has 0 atom stereocenters. The quantitative estimate of drug-likeness (QED) is 0.121. The molecule has 3 heteroatoms. The monoisotopic (exact) mass is 737 g/mol. The van der Waals surface area contributed by atoms with Crippen molar-refractivity contribution in [2.75, 3.05) is 4.90 Å². The fraction of sp³-hybridized carbons (Fsp3) is 0.0385. The molecule has 2 aromatic heterocycles. The molecule has 0 saturated carbocycles. The van der Waals surface area contributed by atoms with E-state index in [9.17, 15) is 0 Å². The van der Waals surface area contributed by atoms with Crippen LogP contribution in [0.1, 0.15) is 11.1 Å². The molecule has 0 saturated heterocycles. The molecule has 0 radical (unpaired) electrons. The van der Waals surface area contributed by atoms with Crippen LogP contribution >= 0.6 is 22.7 Å². The van der Waals surface area contributed by atoms with Crippen molar-refractivity contribution in [1.82, 2.24) is 0 Å². The number of hydrogen-bond donors (Lipinski definition) is 0. The summed E-state index contributed by atoms with van der Waals surface area (Å²) in [6.45, 7) is 4.30. The first-order chi connectivity index (χ1) is 27.1. The van der Waals surface area contributed by atoms with Crippen LogP contribution in [-0.2, 0) is 0 Å². The van der Waals surface area contributed by atoms with Gasteiger partial charge in [0.05, 0.1) is 5.69 Å². The van der Waals surface area contributed by atoms with Crippen molar-refractivity contribution in [3.63, 3.8) is 0 Å². The lowest BCUT2D eigenvalue weighted by Crippen LogP contribution is -2.11. The molecule has 0 fully saturated rings. The molecule has 0 bridgehead atoms. The van der Waals surface area contributed by atoms with Crippen molar-refractivity contribution in [3.05, 3.63) is 187 Å². The van der Waals surface area contributed by atoms with Crippen molar-refractivity contribution in [1.29, 1.82) is 0 Å². The fourth-order valence-corrected chi connectivity index (χ4v) is 10.8. The summed E-state index contributed by atoms with van der Waals surface area (Å²) in [4.78, 5) is 7.62. The zero-order chi connectivity index (χ0) is 36.6. The van der Waals surface area contributed by atoms with E-state index in [1.165, 1.54) is 101 Å². The summed E-state index contributed by atoms with van der Waals surface area (Å²) in [5, 5.41) is 13.0. The minimum Gasteiger partial charge on any atom is -0.309 e. The highest BCUT2D eigenvalue weighted by Crippen LogP contribution is 2.51. The highest BCUT2D eigenvalue weighted by molar-refractivity contribution is 7.25. The highest BCUT2D eigenvalue weighted by Gasteiger charge is 2.23. The summed E-state index contributed by atoms with van der Waals surface area (Å²) in [5.74, 6) is 0. The minimum absolute atomic E-state index is 1.15. The van der Waals surface area contributed by atoms with E-state index < -0.39 is 0 Å². The first kappa shape index (κ1) is 32.2. The third-order valence-electron chi connectivity index (χ3n) is 11.2. The number of rotatable bonds is 6. The molecule has 0 aliphatic heterocycles. The van der Waals surface area contributed by atoms with Crippen LogP contribution in [0.5, 0.6) is 0 Å². The summed E-state index contributed by atoms with van der Waals surface area (Å²) >= 11 is 3.79. The Hall–Kier alpha value is -6.26. The maximum Gasteiger partial charge on any atom is 0.0618 e. The first-order valence-corrected chi connectivity index (χ1v) is 20.5. The van der Waals surface area contributed by atoms with Gasteiger partial charge >= 0.3 is 0 Å². The van der Waals surface area contributed by atoms with Gasteiger partial charge in [0.2, 0.25) is 0 Å². The summed E-state index contributed by atoms with van der Waals surface area (Å²) < 4.78 is 0. The fourth-order valence-electron chi connectivity index (χ4n) is 8.58. The van der Waals surface area contributed by atoms with E-state index in [0.29, 0.717) is 0 Å². The molecular weight excluding hydrogens is 703 g/mol. The van der Waals surface area contributed by atoms with Gasteiger partial charge in [0.1, 0.15) is 0 Å². The molecule has 9 aromatic carbocycles. The zero-order valence-corrected chi connectivity index (χ0v) is 32.1. The Morgan fingerprint density at radius 3 is 1.42 bits per heavy atom. The normalized spacial score (nSPS) is 11.8. The second kappa shape index (κ2) is 12.7. The maximum atomic E-state index is 2.44. The Kier molecular flexibility index (Phi) is 7.41. The van der Waals surface area contributed by atoms with E-state index in [0.717, 1.165) is 11.4 Å². The molecule has 0 spiro atoms. The number of hydrogen-bond acceptors (Lipinski definition) is 3. The second-order valence-electron chi connectivity index (χ2n) is 14.6. The Morgan fingerprint density at radius 2 is 0.818 bits per heavy atom. The van der Waals surface area contributed by atoms with E-state index in [-0.39, 0.29) is 0 Å². The van der Waals surface area contributed by atoms with Crippen LogP contribution in [0, 0.1) is 13.8 Å². The number of fused-ring (bicyclic) bond motifs is 2. The number of anilines is 3. The Balaban J connectivity index is 1.06. The molecule has 11 rings (SSSR count). The van der Waals surface area contributed by atoms with Crippen LogP contribution in [0.25, 0.3) is 84.5 Å². The number of thiophene rings is 2. The van der Waals surface area contributed by atoms with Crippen molar-refractivity contribution in [3.8, 4) is 30.6 Å². The number of benzene rings is 9. The van der Waals surface area contributed by atoms with E-state index in [1.54, 1.807) is 0 Å². The summed E-state index contributed by atoms with van der Waals surface area (Å²) in [7, 11) is 0. The van der Waals surface area contributed by atoms with Gasteiger partial charge in [-0.3, -0.25) is 0 Å². The molecule has 0 aliphatic rings. The van der Waals surface area contributed by atoms with Crippen LogP contribution in [0.2, 0.25) is 0 Å². The lowest BCUT2D eigenvalue weighted by molar-refractivity contribution is 1.29. The Bertz CT molecular complexity index is 3100. The van der Waals surface area contributed by atoms with Gasteiger partial charge in [-0.15, -0.1) is 22.7 Å². The minimum atomic E-state index is 1.15. The largest absolute Gasteiger partial charge is 0.309 e. The van der Waals surface area contributed by atoms with Gasteiger partial charge in [-0.05, 0) is 111 Å². The lowest BCUT2D eigenvalue weighted by Gasteiger charge is -2.29. The Morgan fingerprint density at radius 1 is 0.345 bits per heavy atom. The van der Waals surface area contributed by atoms with Crippen LogP contribution in [0.15, 0.2) is 176 Å². The topological polar surface area (TPSA) is 3.24 Å². The van der Waals surface area contributed by atoms with E-state index in [1.807, 2.05) is 22.7 Å². The van der Waals surface area contributed by atoms with Gasteiger partial charge in [-0.25, -0.2) is 0 Å². The highest BCUT2D eigenvalue weighted by atomic mass is 32.1. The predicted molar refractivity (Wildman–Crippen MR) is 241 cm³/mol. The summed E-state index contributed by atoms with van der Waals surface area (Å²) in [6.07, 6.45) is 0. The molecule has 0 aliphatic carbocycles. The molecular formula is C52H35NS2. The van der Waals surface area contributed by atoms with Gasteiger partial charge in [-0.2, -0.15) is 0 Å². The standard InChI is InChI=1S/C52H35NS2/c1-32-14-22-37(23-15-32)53(38-24-16-33(2)17-25-38)52-43-12-5-3-10-40(43)51(41-11-4-6-13-44(41)52)48-31-30-47(55-48)46-29-28-45(54-46)39-26-20-36-19-18-34-8-7-9-35-21-27-42(39)50(36)49(34)35/h3-31H,1-2H3. The second-order valence-corrected chi connectivity index (χ2v) is 16.8. The van der Waals surface area contributed by atoms with Gasteiger partial charge in [-0.1, -0.05) is 139 Å². The zero-order valence-electron chi connectivity index (χ0n) is 30.5. The van der Waals surface area contributed by atoms with Crippen LogP contribution in [0.4, 0.5) is 17.1 Å². The molecule has 0 unspecified atom stereocenters. The number of nitrogens with zero attached hydrogens (tertiary/aromatic N) is 1. The molecule has 2 heterocycles. The molecule has 0 N–H and O–H groups in total. The van der Waals surface area contributed by atoms with E-state index >= 15 is 0 Å². The van der Waals surface area contributed by atoms with Crippen LogP contribution in [-0.4, -0.2) is 0 Å². The maximum absolute atomic E-state index is 2.44. The molecule has 0 amide bonds. The molecule has 11 aromatic rings. The van der Waals surface area contributed by atoms with Gasteiger partial charge in [0.25, 0.3) is 0 Å². The molecule has 260 valence electrons. The SMILES string of the molecule is Cc1ccc(N(c2ccc(C)cc2)c2c3ccccc3c(-c3ccc(-c4ccc(-c5ccc6ccc7cccc8ccc5c6c78)s4)s3)c3ccccc23)cc1. The average Bonchev–Trinajstić information content (AvgIpc) is 3.92. The third-order valence-corrected chi connectivity index (χ3v) is 13.6. The van der Waals surface area contributed by atoms with E-state index in [4.69, 9.17) is 0 Å². The summed E-state index contributed by atoms with van der Waals surface area (Å²) in [6, 6.07) is 65.4. The summed E-state index contributed by atoms with van der Waals surface area (Å²) in [5.41, 5.74) is 8.60. The predicted octanol–water partition coefficient (Wildman–Crippen LogP) is 16.1. The van der Waals surface area contributed by atoms with Crippen molar-refractivity contribution in [2.45, 2.75) is 13.8 Å². The average molecular weight is 738 g/mol.